The second-order valence-corrected chi connectivity index (χ2v) is 3.19. The van der Waals surface area contributed by atoms with Crippen molar-refractivity contribution in [2.45, 2.75) is 26.2 Å². The molecule has 0 saturated carbocycles. The minimum absolute atomic E-state index is 0.133. The van der Waals surface area contributed by atoms with Crippen LogP contribution in [0.15, 0.2) is 0 Å². The molecule has 0 aromatic heterocycles. The summed E-state index contributed by atoms with van der Waals surface area (Å²) in [7, 11) is 0. The minimum Gasteiger partial charge on any atom is -0.481 e. The number of halogens is 1. The number of alkyl halides is 1. The summed E-state index contributed by atoms with van der Waals surface area (Å²) in [6, 6.07) is 0. The normalized spacial score (nSPS) is 12.5. The van der Waals surface area contributed by atoms with Crippen molar-refractivity contribution >= 4 is 27.7 Å². The van der Waals surface area contributed by atoms with E-state index >= 15 is 0 Å². The molecule has 0 amide bonds. The van der Waals surface area contributed by atoms with Crippen LogP contribution in [0, 0.1) is 5.92 Å². The van der Waals surface area contributed by atoms with Gasteiger partial charge in [0.25, 0.3) is 0 Å². The van der Waals surface area contributed by atoms with Gasteiger partial charge in [-0.2, -0.15) is 0 Å². The molecule has 1 N–H and O–H groups in total. The van der Waals surface area contributed by atoms with Crippen LogP contribution in [0.5, 0.6) is 0 Å². The standard InChI is InChI=1S/C8H13BrO3/c1-2-3-4-6(8(11)12)7(10)5-9/h6H,2-5H2,1H3,(H,11,12). The van der Waals surface area contributed by atoms with E-state index in [1.165, 1.54) is 0 Å². The summed E-state index contributed by atoms with van der Waals surface area (Å²) < 4.78 is 0. The van der Waals surface area contributed by atoms with E-state index in [9.17, 15) is 9.59 Å². The number of ketones is 1. The van der Waals surface area contributed by atoms with Crippen LogP contribution in [0.3, 0.4) is 0 Å². The van der Waals surface area contributed by atoms with E-state index < -0.39 is 11.9 Å². The number of rotatable bonds is 6. The van der Waals surface area contributed by atoms with Crippen LogP contribution >= 0.6 is 15.9 Å². The molecule has 0 rings (SSSR count). The minimum atomic E-state index is -1.01. The predicted molar refractivity (Wildman–Crippen MR) is 49.5 cm³/mol. The van der Waals surface area contributed by atoms with Crippen molar-refractivity contribution < 1.29 is 14.7 Å². The molecule has 0 spiro atoms. The summed E-state index contributed by atoms with van der Waals surface area (Å²) >= 11 is 2.96. The highest BCUT2D eigenvalue weighted by atomic mass is 79.9. The van der Waals surface area contributed by atoms with Gasteiger partial charge in [0.05, 0.1) is 5.33 Å². The molecule has 0 aliphatic carbocycles. The first-order valence-corrected chi connectivity index (χ1v) is 5.07. The van der Waals surface area contributed by atoms with Gasteiger partial charge in [-0.3, -0.25) is 9.59 Å². The fraction of sp³-hybridized carbons (Fsp3) is 0.750. The van der Waals surface area contributed by atoms with E-state index in [1.54, 1.807) is 0 Å². The summed E-state index contributed by atoms with van der Waals surface area (Å²) in [5.41, 5.74) is 0. The van der Waals surface area contributed by atoms with E-state index in [-0.39, 0.29) is 11.1 Å². The summed E-state index contributed by atoms with van der Waals surface area (Å²) in [5.74, 6) is -2.06. The summed E-state index contributed by atoms with van der Waals surface area (Å²) in [4.78, 5) is 21.6. The van der Waals surface area contributed by atoms with Gasteiger partial charge in [0.2, 0.25) is 0 Å². The smallest absolute Gasteiger partial charge is 0.314 e. The van der Waals surface area contributed by atoms with Crippen molar-refractivity contribution in [3.05, 3.63) is 0 Å². The van der Waals surface area contributed by atoms with Crippen LogP contribution in [0.4, 0.5) is 0 Å². The van der Waals surface area contributed by atoms with Crippen LogP contribution in [0.2, 0.25) is 0 Å². The fourth-order valence-corrected chi connectivity index (χ4v) is 1.31. The molecule has 0 saturated heterocycles. The number of hydrogen-bond acceptors (Lipinski definition) is 2. The number of hydrogen-bond donors (Lipinski definition) is 1. The molecule has 12 heavy (non-hydrogen) atoms. The lowest BCUT2D eigenvalue weighted by molar-refractivity contribution is -0.145. The third-order valence-electron chi connectivity index (χ3n) is 1.66. The lowest BCUT2D eigenvalue weighted by Crippen LogP contribution is -2.24. The molecule has 1 atom stereocenters. The maximum Gasteiger partial charge on any atom is 0.314 e. The zero-order valence-electron chi connectivity index (χ0n) is 7.05. The number of aliphatic carboxylic acids is 1. The van der Waals surface area contributed by atoms with Crippen LogP contribution in [-0.4, -0.2) is 22.2 Å². The molecule has 0 fully saturated rings. The Labute approximate surface area is 80.3 Å². The number of carboxylic acid groups (broad SMARTS) is 1. The molecule has 0 heterocycles. The Kier molecular flexibility index (Phi) is 5.98. The largest absolute Gasteiger partial charge is 0.481 e. The summed E-state index contributed by atoms with van der Waals surface area (Å²) in [6.07, 6.45) is 2.16. The van der Waals surface area contributed by atoms with E-state index in [2.05, 4.69) is 15.9 Å². The maximum absolute atomic E-state index is 11.0. The fourth-order valence-electron chi connectivity index (χ4n) is 0.924. The SMILES string of the molecule is CCCCC(C(=O)O)C(=O)CBr. The topological polar surface area (TPSA) is 54.4 Å². The van der Waals surface area contributed by atoms with Gasteiger partial charge in [-0.1, -0.05) is 35.7 Å². The third-order valence-corrected chi connectivity index (χ3v) is 2.22. The molecule has 1 unspecified atom stereocenters. The molecule has 0 aliphatic heterocycles. The zero-order chi connectivity index (χ0) is 9.56. The van der Waals surface area contributed by atoms with Gasteiger partial charge in [-0.15, -0.1) is 0 Å². The Morgan fingerprint density at radius 1 is 1.50 bits per heavy atom. The first-order valence-electron chi connectivity index (χ1n) is 3.95. The zero-order valence-corrected chi connectivity index (χ0v) is 8.63. The first-order chi connectivity index (χ1) is 5.63. The third kappa shape index (κ3) is 3.85. The highest BCUT2D eigenvalue weighted by Crippen LogP contribution is 2.11. The van der Waals surface area contributed by atoms with Gasteiger partial charge >= 0.3 is 5.97 Å². The quantitative estimate of drug-likeness (QED) is 0.566. The van der Waals surface area contributed by atoms with E-state index in [1.807, 2.05) is 6.92 Å². The van der Waals surface area contributed by atoms with Crippen LogP contribution in [-0.2, 0) is 9.59 Å². The molecular weight excluding hydrogens is 224 g/mol. The maximum atomic E-state index is 11.0. The van der Waals surface area contributed by atoms with Crippen molar-refractivity contribution in [1.82, 2.24) is 0 Å². The number of carbonyl (C=O) groups is 2. The number of unbranched alkanes of at least 4 members (excludes halogenated alkanes) is 1. The molecule has 3 nitrogen and oxygen atoms in total. The van der Waals surface area contributed by atoms with Gasteiger partial charge in [-0.05, 0) is 6.42 Å². The average Bonchev–Trinajstić information content (AvgIpc) is 2.04. The molecule has 0 aliphatic rings. The molecule has 0 radical (unpaired) electrons. The molecule has 0 aromatic carbocycles. The highest BCUT2D eigenvalue weighted by molar-refractivity contribution is 9.09. The van der Waals surface area contributed by atoms with Crippen LogP contribution in [0.25, 0.3) is 0 Å². The molecule has 0 aromatic rings. The Hall–Kier alpha value is -0.380. The Morgan fingerprint density at radius 3 is 2.42 bits per heavy atom. The van der Waals surface area contributed by atoms with Gasteiger partial charge in [0, 0.05) is 0 Å². The van der Waals surface area contributed by atoms with E-state index in [4.69, 9.17) is 5.11 Å². The van der Waals surface area contributed by atoms with Crippen molar-refractivity contribution in [2.75, 3.05) is 5.33 Å². The summed E-state index contributed by atoms with van der Waals surface area (Å²) in [6.45, 7) is 1.97. The number of carbonyl (C=O) groups excluding carboxylic acids is 1. The average molecular weight is 237 g/mol. The highest BCUT2D eigenvalue weighted by Gasteiger charge is 2.23. The van der Waals surface area contributed by atoms with Gasteiger partial charge in [0.1, 0.15) is 5.92 Å². The van der Waals surface area contributed by atoms with Crippen molar-refractivity contribution in [2.24, 2.45) is 5.92 Å². The number of Topliss-reactive ketones (excluding diaryl/α,β-unsaturated/α-hetero) is 1. The lowest BCUT2D eigenvalue weighted by atomic mass is 9.99. The van der Waals surface area contributed by atoms with Crippen LogP contribution in [0.1, 0.15) is 26.2 Å². The predicted octanol–water partition coefficient (Wildman–Crippen LogP) is 1.84. The number of carboxylic acids is 1. The first kappa shape index (κ1) is 11.6. The molecule has 4 heteroatoms. The van der Waals surface area contributed by atoms with Crippen molar-refractivity contribution in [1.29, 1.82) is 0 Å². The Morgan fingerprint density at radius 2 is 2.08 bits per heavy atom. The van der Waals surface area contributed by atoms with E-state index in [0.717, 1.165) is 12.8 Å². The van der Waals surface area contributed by atoms with Gasteiger partial charge in [0.15, 0.2) is 5.78 Å². The second kappa shape index (κ2) is 6.17. The van der Waals surface area contributed by atoms with Crippen LogP contribution < -0.4 is 0 Å². The second-order valence-electron chi connectivity index (χ2n) is 2.63. The van der Waals surface area contributed by atoms with Crippen molar-refractivity contribution in [3.8, 4) is 0 Å². The summed E-state index contributed by atoms with van der Waals surface area (Å²) in [5, 5.41) is 8.79. The molecule has 0 bridgehead atoms. The Bertz CT molecular complexity index is 168. The molecular formula is C8H13BrO3. The van der Waals surface area contributed by atoms with E-state index in [0.29, 0.717) is 6.42 Å². The lowest BCUT2D eigenvalue weighted by Gasteiger charge is -2.07. The van der Waals surface area contributed by atoms with Gasteiger partial charge < -0.3 is 5.11 Å². The van der Waals surface area contributed by atoms with Gasteiger partial charge in [-0.25, -0.2) is 0 Å². The monoisotopic (exact) mass is 236 g/mol. The van der Waals surface area contributed by atoms with Crippen molar-refractivity contribution in [3.63, 3.8) is 0 Å². The molecule has 70 valence electrons. The Balaban J connectivity index is 4.04.